The number of hydrogen-bond donors (Lipinski definition) is 3. The third kappa shape index (κ3) is 1.90. The molecule has 68 valence electrons. The van der Waals surface area contributed by atoms with Crippen LogP contribution in [0.2, 0.25) is 0 Å². The van der Waals surface area contributed by atoms with Crippen LogP contribution in [0.15, 0.2) is 0 Å². The summed E-state index contributed by atoms with van der Waals surface area (Å²) in [6.45, 7) is 2.14. The molecule has 0 aromatic rings. The lowest BCUT2D eigenvalue weighted by atomic mass is 10.1. The highest BCUT2D eigenvalue weighted by atomic mass is 32.2. The topological polar surface area (TPSA) is 101 Å². The Morgan fingerprint density at radius 2 is 2.00 bits per heavy atom. The number of aliphatic hydroxyl groups is 1. The van der Waals surface area contributed by atoms with Crippen molar-refractivity contribution in [3.05, 3.63) is 0 Å². The van der Waals surface area contributed by atoms with Gasteiger partial charge in [0.25, 0.3) is 10.1 Å². The van der Waals surface area contributed by atoms with E-state index in [0.717, 1.165) is 0 Å². The molecule has 0 spiro atoms. The van der Waals surface area contributed by atoms with Gasteiger partial charge in [0, 0.05) is 6.54 Å². The Morgan fingerprint density at radius 1 is 1.64 bits per heavy atom. The molecule has 0 saturated carbocycles. The fourth-order valence-electron chi connectivity index (χ4n) is 0.491. The van der Waals surface area contributed by atoms with E-state index in [1.54, 1.807) is 0 Å². The van der Waals surface area contributed by atoms with Gasteiger partial charge in [0.2, 0.25) is 0 Å². The summed E-state index contributed by atoms with van der Waals surface area (Å²) >= 11 is 0. The van der Waals surface area contributed by atoms with Crippen LogP contribution in [0.3, 0.4) is 0 Å². The molecule has 4 N–H and O–H groups in total. The van der Waals surface area contributed by atoms with Gasteiger partial charge in [-0.25, -0.2) is 0 Å². The van der Waals surface area contributed by atoms with Crippen molar-refractivity contribution in [1.29, 1.82) is 0 Å². The highest BCUT2D eigenvalue weighted by Crippen LogP contribution is 2.18. The van der Waals surface area contributed by atoms with Gasteiger partial charge in [-0.1, -0.05) is 0 Å². The van der Waals surface area contributed by atoms with Crippen LogP contribution in [-0.4, -0.2) is 35.5 Å². The van der Waals surface area contributed by atoms with Gasteiger partial charge in [-0.15, -0.1) is 0 Å². The van der Waals surface area contributed by atoms with Crippen molar-refractivity contribution < 1.29 is 18.1 Å². The van der Waals surface area contributed by atoms with E-state index in [1.165, 1.54) is 13.8 Å². The van der Waals surface area contributed by atoms with Crippen molar-refractivity contribution in [2.45, 2.75) is 24.7 Å². The van der Waals surface area contributed by atoms with Gasteiger partial charge in [0.05, 0.1) is 6.10 Å². The molecule has 0 aromatic heterocycles. The van der Waals surface area contributed by atoms with Crippen molar-refractivity contribution in [2.75, 3.05) is 6.54 Å². The Balaban J connectivity index is 4.92. The Morgan fingerprint density at radius 3 is 2.00 bits per heavy atom. The fraction of sp³-hybridized carbons (Fsp3) is 1.00. The van der Waals surface area contributed by atoms with Crippen molar-refractivity contribution in [3.63, 3.8) is 0 Å². The summed E-state index contributed by atoms with van der Waals surface area (Å²) in [5.41, 5.74) is 5.09. The maximum absolute atomic E-state index is 10.6. The molecule has 0 aliphatic carbocycles. The lowest BCUT2D eigenvalue weighted by Crippen LogP contribution is -2.50. The Bertz CT molecular complexity index is 223. The third-order valence-corrected chi connectivity index (χ3v) is 3.56. The molecule has 6 heteroatoms. The van der Waals surface area contributed by atoms with Crippen molar-refractivity contribution >= 4 is 10.1 Å². The van der Waals surface area contributed by atoms with E-state index >= 15 is 0 Å². The first kappa shape index (κ1) is 10.8. The molecule has 0 rings (SSSR count). The summed E-state index contributed by atoms with van der Waals surface area (Å²) in [7, 11) is -4.29. The van der Waals surface area contributed by atoms with Gasteiger partial charge in [-0.3, -0.25) is 4.55 Å². The van der Waals surface area contributed by atoms with Crippen LogP contribution in [0.25, 0.3) is 0 Å². The van der Waals surface area contributed by atoms with Crippen molar-refractivity contribution in [1.82, 2.24) is 0 Å². The molecule has 11 heavy (non-hydrogen) atoms. The van der Waals surface area contributed by atoms with E-state index in [4.69, 9.17) is 15.4 Å². The molecule has 0 heterocycles. The highest BCUT2D eigenvalue weighted by Gasteiger charge is 2.41. The zero-order chi connectivity index (χ0) is 9.28. The number of nitrogens with two attached hydrogens (primary N) is 1. The van der Waals surface area contributed by atoms with Gasteiger partial charge in [-0.2, -0.15) is 8.42 Å². The summed E-state index contributed by atoms with van der Waals surface area (Å²) in [4.78, 5) is 0. The second-order valence-electron chi connectivity index (χ2n) is 2.67. The summed E-state index contributed by atoms with van der Waals surface area (Å²) in [5.74, 6) is 0. The monoisotopic (exact) mass is 183 g/mol. The molecule has 0 fully saturated rings. The Labute approximate surface area is 66.0 Å². The quantitative estimate of drug-likeness (QED) is 0.486. The van der Waals surface area contributed by atoms with Crippen LogP contribution >= 0.6 is 0 Å². The zero-order valence-corrected chi connectivity index (χ0v) is 7.30. The minimum atomic E-state index is -4.29. The summed E-state index contributed by atoms with van der Waals surface area (Å²) in [6.07, 6.45) is -1.19. The summed E-state index contributed by atoms with van der Waals surface area (Å²) < 4.78 is 28.3. The fourth-order valence-corrected chi connectivity index (χ4v) is 1.13. The largest absolute Gasteiger partial charge is 0.392 e. The average molecular weight is 183 g/mol. The number of aliphatic hydroxyl groups excluding tert-OH is 1. The second kappa shape index (κ2) is 3.06. The SMILES string of the molecule is CC(O)C(C)(CN)S(=O)(=O)O. The van der Waals surface area contributed by atoms with E-state index in [-0.39, 0.29) is 6.54 Å². The van der Waals surface area contributed by atoms with Crippen LogP contribution < -0.4 is 5.73 Å². The molecule has 0 aliphatic rings. The molecule has 0 amide bonds. The molecule has 5 nitrogen and oxygen atoms in total. The molecule has 0 aromatic carbocycles. The predicted molar refractivity (Wildman–Crippen MR) is 40.7 cm³/mol. The number of hydrogen-bond acceptors (Lipinski definition) is 4. The van der Waals surface area contributed by atoms with Crippen LogP contribution in [0, 0.1) is 0 Å². The first-order chi connectivity index (χ1) is 4.75. The van der Waals surface area contributed by atoms with Crippen LogP contribution in [0.1, 0.15) is 13.8 Å². The van der Waals surface area contributed by atoms with Crippen LogP contribution in [0.5, 0.6) is 0 Å². The second-order valence-corrected chi connectivity index (χ2v) is 4.55. The van der Waals surface area contributed by atoms with E-state index < -0.39 is 21.0 Å². The van der Waals surface area contributed by atoms with Gasteiger partial charge in [0.1, 0.15) is 4.75 Å². The minimum absolute atomic E-state index is 0.316. The predicted octanol–water partition coefficient (Wildman–Crippen LogP) is -1.03. The van der Waals surface area contributed by atoms with Crippen LogP contribution in [0.4, 0.5) is 0 Å². The minimum Gasteiger partial charge on any atom is -0.392 e. The normalized spacial score (nSPS) is 20.8. The first-order valence-corrected chi connectivity index (χ1v) is 4.55. The summed E-state index contributed by atoms with van der Waals surface area (Å²) in [6, 6.07) is 0. The van der Waals surface area contributed by atoms with Crippen molar-refractivity contribution in [3.8, 4) is 0 Å². The molecule has 0 bridgehead atoms. The Kier molecular flexibility index (Phi) is 3.01. The van der Waals surface area contributed by atoms with Crippen LogP contribution in [-0.2, 0) is 10.1 Å². The smallest absolute Gasteiger partial charge is 0.274 e. The first-order valence-electron chi connectivity index (χ1n) is 3.11. The zero-order valence-electron chi connectivity index (χ0n) is 6.48. The average Bonchev–Trinajstić information content (AvgIpc) is 1.83. The van der Waals surface area contributed by atoms with E-state index in [2.05, 4.69) is 0 Å². The standard InChI is InChI=1S/C5H13NO4S/c1-4(7)5(2,3-6)11(8,9)10/h4,7H,3,6H2,1-2H3,(H,8,9,10). The van der Waals surface area contributed by atoms with Gasteiger partial charge < -0.3 is 10.8 Å². The lowest BCUT2D eigenvalue weighted by molar-refractivity contribution is 0.146. The highest BCUT2D eigenvalue weighted by molar-refractivity contribution is 7.87. The maximum Gasteiger partial charge on any atom is 0.274 e. The van der Waals surface area contributed by atoms with E-state index in [1.807, 2.05) is 0 Å². The van der Waals surface area contributed by atoms with Crippen molar-refractivity contribution in [2.24, 2.45) is 5.73 Å². The van der Waals surface area contributed by atoms with Gasteiger partial charge in [-0.05, 0) is 13.8 Å². The molecule has 2 atom stereocenters. The van der Waals surface area contributed by atoms with Gasteiger partial charge >= 0.3 is 0 Å². The molecular weight excluding hydrogens is 170 g/mol. The lowest BCUT2D eigenvalue weighted by Gasteiger charge is -2.26. The maximum atomic E-state index is 10.6. The molecule has 0 saturated heterocycles. The van der Waals surface area contributed by atoms with E-state index in [0.29, 0.717) is 0 Å². The summed E-state index contributed by atoms with van der Waals surface area (Å²) in [5, 5.41) is 8.99. The third-order valence-electron chi connectivity index (χ3n) is 1.88. The molecule has 0 radical (unpaired) electrons. The van der Waals surface area contributed by atoms with Gasteiger partial charge in [0.15, 0.2) is 0 Å². The molecule has 0 aliphatic heterocycles. The van der Waals surface area contributed by atoms with E-state index in [9.17, 15) is 8.42 Å². The molecule has 2 unspecified atom stereocenters. The Hall–Kier alpha value is -0.170. The number of rotatable bonds is 3. The molecular formula is C5H13NO4S.